The largest absolute Gasteiger partial charge is 0.573 e. The molecule has 0 bridgehead atoms. The third-order valence-electron chi connectivity index (χ3n) is 4.29. The van der Waals surface area contributed by atoms with Crippen LogP contribution in [0, 0.1) is 0 Å². The summed E-state index contributed by atoms with van der Waals surface area (Å²) in [5.74, 6) is 0.321. The first-order valence-electron chi connectivity index (χ1n) is 8.79. The second-order valence-corrected chi connectivity index (χ2v) is 6.32. The molecular weight excluding hydrogens is 381 g/mol. The molecule has 0 saturated carbocycles. The minimum atomic E-state index is -4.73. The number of alkyl halides is 3. The molecule has 4 rings (SSSR count). The van der Waals surface area contributed by atoms with Crippen LogP contribution in [0.5, 0.6) is 5.75 Å². The summed E-state index contributed by atoms with van der Waals surface area (Å²) in [6.45, 7) is 0. The lowest BCUT2D eigenvalue weighted by Gasteiger charge is -2.09. The summed E-state index contributed by atoms with van der Waals surface area (Å²) < 4.78 is 46.8. The standard InChI is InChI=1S/C22H15F3N2O2/c23-22(24,25)28-18-10-8-16(9-11-18)20-19(13-15-5-4-12-26-14-15)21(29-27-20)17-6-2-1-3-7-17/h1-12,14H,13H2. The number of nitrogens with zero attached hydrogens (tertiary/aromatic N) is 2. The second-order valence-electron chi connectivity index (χ2n) is 6.32. The van der Waals surface area contributed by atoms with E-state index in [2.05, 4.69) is 14.9 Å². The molecule has 0 aliphatic rings. The Hall–Kier alpha value is -3.61. The van der Waals surface area contributed by atoms with E-state index in [4.69, 9.17) is 4.52 Å². The Balaban J connectivity index is 1.74. The summed E-state index contributed by atoms with van der Waals surface area (Å²) >= 11 is 0. The summed E-state index contributed by atoms with van der Waals surface area (Å²) in [4.78, 5) is 4.14. The highest BCUT2D eigenvalue weighted by molar-refractivity contribution is 5.73. The average Bonchev–Trinajstić information content (AvgIpc) is 3.12. The van der Waals surface area contributed by atoms with E-state index in [1.165, 1.54) is 24.3 Å². The second kappa shape index (κ2) is 7.79. The van der Waals surface area contributed by atoms with E-state index in [1.54, 1.807) is 12.4 Å². The van der Waals surface area contributed by atoms with Crippen LogP contribution in [0.4, 0.5) is 13.2 Å². The molecule has 4 nitrogen and oxygen atoms in total. The van der Waals surface area contributed by atoms with Crippen LogP contribution in [0.1, 0.15) is 11.1 Å². The van der Waals surface area contributed by atoms with Gasteiger partial charge in [0.1, 0.15) is 11.4 Å². The summed E-state index contributed by atoms with van der Waals surface area (Å²) in [6.07, 6.45) is -0.777. The van der Waals surface area contributed by atoms with Gasteiger partial charge in [0.25, 0.3) is 0 Å². The molecule has 146 valence electrons. The van der Waals surface area contributed by atoms with Crippen LogP contribution in [0.25, 0.3) is 22.6 Å². The van der Waals surface area contributed by atoms with Crippen molar-refractivity contribution in [1.82, 2.24) is 10.1 Å². The van der Waals surface area contributed by atoms with Crippen LogP contribution in [0.15, 0.2) is 83.6 Å². The van der Waals surface area contributed by atoms with Gasteiger partial charge in [-0.2, -0.15) is 0 Å². The fourth-order valence-electron chi connectivity index (χ4n) is 3.04. The maximum absolute atomic E-state index is 12.4. The predicted molar refractivity (Wildman–Crippen MR) is 101 cm³/mol. The van der Waals surface area contributed by atoms with Gasteiger partial charge in [0.05, 0.1) is 0 Å². The Labute approximate surface area is 164 Å². The molecule has 4 aromatic rings. The van der Waals surface area contributed by atoms with Crippen molar-refractivity contribution in [3.05, 3.63) is 90.3 Å². The van der Waals surface area contributed by atoms with Crippen LogP contribution in [-0.4, -0.2) is 16.5 Å². The number of rotatable bonds is 5. The molecule has 0 saturated heterocycles. The van der Waals surface area contributed by atoms with Crippen molar-refractivity contribution in [2.45, 2.75) is 12.8 Å². The van der Waals surface area contributed by atoms with E-state index in [0.717, 1.165) is 16.7 Å². The van der Waals surface area contributed by atoms with E-state index in [-0.39, 0.29) is 5.75 Å². The Morgan fingerprint density at radius 1 is 0.862 bits per heavy atom. The van der Waals surface area contributed by atoms with Crippen LogP contribution in [0.3, 0.4) is 0 Å². The van der Waals surface area contributed by atoms with Crippen LogP contribution < -0.4 is 4.74 Å². The van der Waals surface area contributed by atoms with Crippen LogP contribution in [-0.2, 0) is 6.42 Å². The summed E-state index contributed by atoms with van der Waals surface area (Å²) in [5.41, 5.74) is 3.85. The Bertz CT molecular complexity index is 1080. The number of halogens is 3. The lowest BCUT2D eigenvalue weighted by Crippen LogP contribution is -2.16. The van der Waals surface area contributed by atoms with Crippen molar-refractivity contribution in [2.75, 3.05) is 0 Å². The maximum atomic E-state index is 12.4. The molecule has 0 atom stereocenters. The van der Waals surface area contributed by atoms with E-state index < -0.39 is 6.36 Å². The van der Waals surface area contributed by atoms with Crippen molar-refractivity contribution < 1.29 is 22.4 Å². The Kier molecular flexibility index (Phi) is 5.03. The first-order valence-corrected chi connectivity index (χ1v) is 8.79. The highest BCUT2D eigenvalue weighted by atomic mass is 19.4. The smallest absolute Gasteiger partial charge is 0.406 e. The molecular formula is C22H15F3N2O2. The molecule has 2 aromatic carbocycles. The molecule has 0 radical (unpaired) electrons. The number of ether oxygens (including phenoxy) is 1. The molecule has 0 amide bonds. The minimum absolute atomic E-state index is 0.290. The topological polar surface area (TPSA) is 48.2 Å². The van der Waals surface area contributed by atoms with Gasteiger partial charge >= 0.3 is 6.36 Å². The molecule has 7 heteroatoms. The van der Waals surface area contributed by atoms with E-state index in [1.807, 2.05) is 42.5 Å². The van der Waals surface area contributed by atoms with Gasteiger partial charge in [-0.15, -0.1) is 13.2 Å². The first-order chi connectivity index (χ1) is 14.0. The first kappa shape index (κ1) is 18.7. The molecule has 0 fully saturated rings. The lowest BCUT2D eigenvalue weighted by molar-refractivity contribution is -0.274. The van der Waals surface area contributed by atoms with Gasteiger partial charge in [0, 0.05) is 35.5 Å². The van der Waals surface area contributed by atoms with Crippen molar-refractivity contribution in [3.63, 3.8) is 0 Å². The van der Waals surface area contributed by atoms with Gasteiger partial charge in [0.2, 0.25) is 0 Å². The highest BCUT2D eigenvalue weighted by Gasteiger charge is 2.31. The van der Waals surface area contributed by atoms with Crippen molar-refractivity contribution in [3.8, 4) is 28.3 Å². The third kappa shape index (κ3) is 4.45. The average molecular weight is 396 g/mol. The zero-order chi connectivity index (χ0) is 20.3. The Morgan fingerprint density at radius 2 is 1.62 bits per heavy atom. The van der Waals surface area contributed by atoms with E-state index in [9.17, 15) is 13.2 Å². The molecule has 0 spiro atoms. The van der Waals surface area contributed by atoms with Gasteiger partial charge < -0.3 is 9.26 Å². The summed E-state index contributed by atoms with van der Waals surface area (Å²) in [7, 11) is 0. The monoisotopic (exact) mass is 396 g/mol. The zero-order valence-corrected chi connectivity index (χ0v) is 15.1. The zero-order valence-electron chi connectivity index (χ0n) is 15.1. The Morgan fingerprint density at radius 3 is 2.28 bits per heavy atom. The normalized spacial score (nSPS) is 11.4. The molecule has 29 heavy (non-hydrogen) atoms. The molecule has 0 aliphatic heterocycles. The van der Waals surface area contributed by atoms with Crippen LogP contribution in [0.2, 0.25) is 0 Å². The fourth-order valence-corrected chi connectivity index (χ4v) is 3.04. The molecule has 2 aromatic heterocycles. The molecule has 0 unspecified atom stereocenters. The number of benzene rings is 2. The number of aromatic nitrogens is 2. The number of hydrogen-bond acceptors (Lipinski definition) is 4. The molecule has 2 heterocycles. The summed E-state index contributed by atoms with van der Waals surface area (Å²) in [5, 5.41) is 4.20. The molecule has 0 N–H and O–H groups in total. The van der Waals surface area contributed by atoms with Gasteiger partial charge in [-0.05, 0) is 35.9 Å². The van der Waals surface area contributed by atoms with Gasteiger partial charge in [0.15, 0.2) is 5.76 Å². The van der Waals surface area contributed by atoms with E-state index >= 15 is 0 Å². The van der Waals surface area contributed by atoms with Gasteiger partial charge in [-0.1, -0.05) is 41.6 Å². The third-order valence-corrected chi connectivity index (χ3v) is 4.29. The maximum Gasteiger partial charge on any atom is 0.573 e. The predicted octanol–water partition coefficient (Wildman–Crippen LogP) is 5.89. The van der Waals surface area contributed by atoms with Gasteiger partial charge in [-0.3, -0.25) is 4.98 Å². The van der Waals surface area contributed by atoms with E-state index in [0.29, 0.717) is 23.4 Å². The highest BCUT2D eigenvalue weighted by Crippen LogP contribution is 2.35. The van der Waals surface area contributed by atoms with Gasteiger partial charge in [-0.25, -0.2) is 0 Å². The fraction of sp³-hybridized carbons (Fsp3) is 0.0909. The van der Waals surface area contributed by atoms with Crippen molar-refractivity contribution in [1.29, 1.82) is 0 Å². The quantitative estimate of drug-likeness (QED) is 0.422. The minimum Gasteiger partial charge on any atom is -0.406 e. The lowest BCUT2D eigenvalue weighted by atomic mass is 9.97. The number of pyridine rings is 1. The van der Waals surface area contributed by atoms with Crippen molar-refractivity contribution >= 4 is 0 Å². The number of hydrogen-bond donors (Lipinski definition) is 0. The molecule has 0 aliphatic carbocycles. The van der Waals surface area contributed by atoms with Crippen molar-refractivity contribution in [2.24, 2.45) is 0 Å². The van der Waals surface area contributed by atoms with Crippen LogP contribution >= 0.6 is 0 Å². The SMILES string of the molecule is FC(F)(F)Oc1ccc(-c2noc(-c3ccccc3)c2Cc2cccnc2)cc1. The summed E-state index contributed by atoms with van der Waals surface area (Å²) in [6, 6.07) is 18.9.